The van der Waals surface area contributed by atoms with Crippen LogP contribution in [0, 0.1) is 17.8 Å². The van der Waals surface area contributed by atoms with Crippen molar-refractivity contribution < 1.29 is 19.4 Å². The molecular weight excluding hydrogens is 260 g/mol. The average Bonchev–Trinajstić information content (AvgIpc) is 2.83. The monoisotopic (exact) mass is 284 g/mol. The minimum absolute atomic E-state index is 0.0521. The van der Waals surface area contributed by atoms with Crippen molar-refractivity contribution in [3.63, 3.8) is 0 Å². The van der Waals surface area contributed by atoms with Gasteiger partial charge in [-0.2, -0.15) is 0 Å². The van der Waals surface area contributed by atoms with Gasteiger partial charge in [0.2, 0.25) is 0 Å². The predicted molar refractivity (Wildman–Crippen MR) is 73.1 cm³/mol. The van der Waals surface area contributed by atoms with Crippen LogP contribution in [0.1, 0.15) is 33.6 Å². The first-order valence-corrected chi connectivity index (χ1v) is 7.14. The molecule has 1 amide bonds. The van der Waals surface area contributed by atoms with Crippen LogP contribution < -0.4 is 5.73 Å². The summed E-state index contributed by atoms with van der Waals surface area (Å²) in [6.07, 6.45) is 0.731. The first-order chi connectivity index (χ1) is 9.23. The molecule has 2 saturated heterocycles. The highest BCUT2D eigenvalue weighted by atomic mass is 16.6. The predicted octanol–water partition coefficient (Wildman–Crippen LogP) is 1.29. The topological polar surface area (TPSA) is 92.9 Å². The normalized spacial score (nSPS) is 29.8. The lowest BCUT2D eigenvalue weighted by atomic mass is 9.66. The number of aliphatic carboxylic acids is 1. The Balaban J connectivity index is 1.99. The maximum absolute atomic E-state index is 12.1. The van der Waals surface area contributed by atoms with Gasteiger partial charge in [0.25, 0.3) is 0 Å². The highest BCUT2D eigenvalue weighted by molar-refractivity contribution is 5.70. The Hall–Kier alpha value is -1.30. The van der Waals surface area contributed by atoms with Gasteiger partial charge in [-0.05, 0) is 51.5 Å². The second-order valence-corrected chi connectivity index (χ2v) is 6.87. The number of hydrogen-bond acceptors (Lipinski definition) is 4. The summed E-state index contributed by atoms with van der Waals surface area (Å²) in [4.78, 5) is 24.8. The molecular formula is C14H24N2O4. The number of hydrogen-bond donors (Lipinski definition) is 2. The molecule has 0 aromatic heterocycles. The van der Waals surface area contributed by atoms with Crippen LogP contribution in [-0.2, 0) is 9.53 Å². The van der Waals surface area contributed by atoms with Gasteiger partial charge in [0, 0.05) is 19.0 Å². The van der Waals surface area contributed by atoms with Gasteiger partial charge in [0.15, 0.2) is 0 Å². The number of carbonyl (C=O) groups is 2. The molecule has 0 spiro atoms. The van der Waals surface area contributed by atoms with Crippen LogP contribution in [0.4, 0.5) is 4.79 Å². The number of carboxylic acids is 1. The third-order valence-electron chi connectivity index (χ3n) is 4.28. The van der Waals surface area contributed by atoms with E-state index in [1.807, 2.05) is 20.8 Å². The number of rotatable bonds is 4. The summed E-state index contributed by atoms with van der Waals surface area (Å²) in [6.45, 7) is 6.55. The average molecular weight is 284 g/mol. The summed E-state index contributed by atoms with van der Waals surface area (Å²) in [5.41, 5.74) is 5.20. The first-order valence-electron chi connectivity index (χ1n) is 7.14. The number of nitrogens with zero attached hydrogens (tertiary/aromatic N) is 1. The minimum Gasteiger partial charge on any atom is -0.481 e. The van der Waals surface area contributed by atoms with Gasteiger partial charge in [-0.25, -0.2) is 4.79 Å². The van der Waals surface area contributed by atoms with Crippen molar-refractivity contribution in [3.8, 4) is 0 Å². The highest BCUT2D eigenvalue weighted by Crippen LogP contribution is 2.50. The van der Waals surface area contributed by atoms with Crippen molar-refractivity contribution in [2.75, 3.05) is 13.1 Å². The first kappa shape index (κ1) is 15.1. The fraction of sp³-hybridized carbons (Fsp3) is 0.857. The molecule has 3 aliphatic rings. The fourth-order valence-electron chi connectivity index (χ4n) is 3.49. The minimum atomic E-state index is -0.824. The van der Waals surface area contributed by atoms with E-state index in [1.54, 1.807) is 4.90 Å². The Morgan fingerprint density at radius 1 is 1.45 bits per heavy atom. The summed E-state index contributed by atoms with van der Waals surface area (Å²) in [7, 11) is 0. The summed E-state index contributed by atoms with van der Waals surface area (Å²) in [5, 5.41) is 8.94. The maximum Gasteiger partial charge on any atom is 0.410 e. The molecule has 1 aliphatic carbocycles. The zero-order valence-electron chi connectivity index (χ0n) is 12.3. The zero-order valence-corrected chi connectivity index (χ0v) is 12.3. The number of ether oxygens (including phenoxy) is 1. The lowest BCUT2D eigenvalue weighted by Crippen LogP contribution is -2.48. The van der Waals surface area contributed by atoms with E-state index in [0.29, 0.717) is 19.0 Å². The van der Waals surface area contributed by atoms with Gasteiger partial charge in [-0.15, -0.1) is 0 Å². The fourth-order valence-corrected chi connectivity index (χ4v) is 3.49. The molecule has 0 aromatic rings. The van der Waals surface area contributed by atoms with Crippen molar-refractivity contribution in [1.82, 2.24) is 4.90 Å². The molecule has 0 aromatic carbocycles. The van der Waals surface area contributed by atoms with E-state index in [-0.39, 0.29) is 30.4 Å². The van der Waals surface area contributed by atoms with E-state index < -0.39 is 11.6 Å². The Morgan fingerprint density at radius 2 is 2.10 bits per heavy atom. The third kappa shape index (κ3) is 2.90. The SMILES string of the molecule is CC(C)(C)OC(=O)N1C[C@@H]2C[C@H]1C2C(CN)CC(=O)O. The largest absolute Gasteiger partial charge is 0.481 e. The van der Waals surface area contributed by atoms with Crippen molar-refractivity contribution in [3.05, 3.63) is 0 Å². The van der Waals surface area contributed by atoms with Gasteiger partial charge >= 0.3 is 12.1 Å². The van der Waals surface area contributed by atoms with E-state index in [4.69, 9.17) is 15.6 Å². The second-order valence-electron chi connectivity index (χ2n) is 6.87. The zero-order chi connectivity index (χ0) is 15.1. The standard InChI is InChI=1S/C14H24N2O4/c1-14(2,3)20-13(19)16-7-9-4-10(16)12(9)8(6-15)5-11(17)18/h8-10,12H,4-7,15H2,1-3H3,(H,17,18)/t8?,9-,10-,12?/m0/s1. The maximum atomic E-state index is 12.1. The lowest BCUT2D eigenvalue weighted by Gasteiger charge is -2.41. The van der Waals surface area contributed by atoms with Gasteiger partial charge in [-0.3, -0.25) is 4.79 Å². The van der Waals surface area contributed by atoms with Crippen LogP contribution in [0.5, 0.6) is 0 Å². The molecule has 20 heavy (non-hydrogen) atoms. The van der Waals surface area contributed by atoms with Crippen LogP contribution in [0.25, 0.3) is 0 Å². The smallest absolute Gasteiger partial charge is 0.410 e. The molecule has 1 saturated carbocycles. The number of carbonyl (C=O) groups excluding carboxylic acids is 1. The van der Waals surface area contributed by atoms with Crippen LogP contribution in [0.15, 0.2) is 0 Å². The molecule has 2 aliphatic heterocycles. The molecule has 2 unspecified atom stereocenters. The Labute approximate surface area is 119 Å². The van der Waals surface area contributed by atoms with Crippen molar-refractivity contribution >= 4 is 12.1 Å². The Morgan fingerprint density at radius 3 is 2.60 bits per heavy atom. The number of amides is 1. The molecule has 3 N–H and O–H groups in total. The van der Waals surface area contributed by atoms with E-state index in [9.17, 15) is 9.59 Å². The summed E-state index contributed by atoms with van der Waals surface area (Å²) < 4.78 is 5.40. The third-order valence-corrected chi connectivity index (χ3v) is 4.28. The van der Waals surface area contributed by atoms with E-state index >= 15 is 0 Å². The number of nitrogens with two attached hydrogens (primary N) is 1. The van der Waals surface area contributed by atoms with Gasteiger partial charge in [-0.1, -0.05) is 0 Å². The molecule has 6 heteroatoms. The quantitative estimate of drug-likeness (QED) is 0.811. The highest BCUT2D eigenvalue weighted by Gasteiger charge is 2.56. The molecule has 3 fully saturated rings. The molecule has 4 atom stereocenters. The number of carboxylic acid groups (broad SMARTS) is 1. The van der Waals surface area contributed by atoms with Crippen LogP contribution >= 0.6 is 0 Å². The molecule has 3 rings (SSSR count). The van der Waals surface area contributed by atoms with Crippen molar-refractivity contribution in [1.29, 1.82) is 0 Å². The van der Waals surface area contributed by atoms with Crippen LogP contribution in [0.3, 0.4) is 0 Å². The van der Waals surface area contributed by atoms with Gasteiger partial charge in [0.1, 0.15) is 5.60 Å². The summed E-state index contributed by atoms with van der Waals surface area (Å²) in [5.74, 6) is -0.289. The second kappa shape index (κ2) is 5.24. The van der Waals surface area contributed by atoms with E-state index in [0.717, 1.165) is 6.42 Å². The van der Waals surface area contributed by atoms with Crippen molar-refractivity contribution in [2.24, 2.45) is 23.5 Å². The Kier molecular flexibility index (Phi) is 3.95. The molecule has 114 valence electrons. The lowest BCUT2D eigenvalue weighted by molar-refractivity contribution is -0.139. The van der Waals surface area contributed by atoms with Gasteiger partial charge < -0.3 is 20.5 Å². The number of fused-ring (bicyclic) bond motifs is 1. The van der Waals surface area contributed by atoms with Crippen LogP contribution in [-0.4, -0.2) is 46.8 Å². The summed E-state index contributed by atoms with van der Waals surface area (Å²) >= 11 is 0. The molecule has 0 radical (unpaired) electrons. The van der Waals surface area contributed by atoms with Crippen LogP contribution in [0.2, 0.25) is 0 Å². The van der Waals surface area contributed by atoms with E-state index in [2.05, 4.69) is 0 Å². The summed E-state index contributed by atoms with van der Waals surface area (Å²) in [6, 6.07) is 0.0998. The van der Waals surface area contributed by atoms with E-state index in [1.165, 1.54) is 0 Å². The molecule has 2 heterocycles. The molecule has 2 bridgehead atoms. The Bertz CT molecular complexity index is 404. The molecule has 6 nitrogen and oxygen atoms in total. The van der Waals surface area contributed by atoms with Gasteiger partial charge in [0.05, 0.1) is 0 Å². The van der Waals surface area contributed by atoms with Crippen molar-refractivity contribution in [2.45, 2.75) is 45.3 Å².